The molecule has 0 radical (unpaired) electrons. The summed E-state index contributed by atoms with van der Waals surface area (Å²) < 4.78 is 0. The van der Waals surface area contributed by atoms with Crippen LogP contribution in [0.4, 0.5) is 0 Å². The second kappa shape index (κ2) is 2.93. The Balaban J connectivity index is 2.85. The fourth-order valence-corrected chi connectivity index (χ4v) is 0.587. The Morgan fingerprint density at radius 2 is 2.10 bits per heavy atom. The number of nitrogens with one attached hydrogen (secondary N) is 1. The number of carbonyl (C=O) groups is 1. The van der Waals surface area contributed by atoms with Crippen molar-refractivity contribution in [1.29, 1.82) is 0 Å². The predicted octanol–water partition coefficient (Wildman–Crippen LogP) is -0.315. The smallest absolute Gasteiger partial charge is 0.265 e. The molecule has 1 aromatic rings. The summed E-state index contributed by atoms with van der Waals surface area (Å²) in [5, 5.41) is 0. The van der Waals surface area contributed by atoms with Crippen molar-refractivity contribution in [3.63, 3.8) is 0 Å². The number of nitrogens with two attached hydrogens (primary N) is 1. The summed E-state index contributed by atoms with van der Waals surface area (Å²) in [6.45, 7) is 0. The van der Waals surface area contributed by atoms with Crippen molar-refractivity contribution in [2.45, 2.75) is 0 Å². The van der Waals surface area contributed by atoms with E-state index in [1.165, 1.54) is 12.4 Å². The molecule has 3 N–H and O–H groups in total. The highest BCUT2D eigenvalue weighted by Gasteiger charge is 1.98. The lowest BCUT2D eigenvalue weighted by atomic mass is 10.3. The van der Waals surface area contributed by atoms with Crippen molar-refractivity contribution in [2.24, 2.45) is 5.84 Å². The number of amides is 1. The summed E-state index contributed by atoms with van der Waals surface area (Å²) in [4.78, 5) is 14.5. The number of nitrogens with zero attached hydrogens (tertiary/aromatic N) is 1. The molecule has 4 heteroatoms. The molecule has 1 amide bonds. The van der Waals surface area contributed by atoms with Gasteiger partial charge in [0, 0.05) is 18.0 Å². The summed E-state index contributed by atoms with van der Waals surface area (Å²) in [6, 6.07) is 3.17. The van der Waals surface area contributed by atoms with Crippen LogP contribution in [0.2, 0.25) is 0 Å². The van der Waals surface area contributed by atoms with E-state index in [-0.39, 0.29) is 5.91 Å². The van der Waals surface area contributed by atoms with Crippen molar-refractivity contribution in [3.05, 3.63) is 30.1 Å². The largest absolute Gasteiger partial charge is 0.290 e. The second-order valence-electron chi connectivity index (χ2n) is 1.71. The van der Waals surface area contributed by atoms with E-state index in [1.54, 1.807) is 12.1 Å². The highest BCUT2D eigenvalue weighted by Crippen LogP contribution is 1.93. The van der Waals surface area contributed by atoms with Crippen LogP contribution in [0.15, 0.2) is 24.5 Å². The second-order valence-corrected chi connectivity index (χ2v) is 1.71. The number of hydrazine groups is 1. The molecule has 0 unspecified atom stereocenters. The van der Waals surface area contributed by atoms with Crippen LogP contribution in [0.3, 0.4) is 0 Å². The molecule has 52 valence electrons. The van der Waals surface area contributed by atoms with Crippen LogP contribution < -0.4 is 11.3 Å². The molecule has 0 aliphatic rings. The normalized spacial score (nSPS) is 8.90. The zero-order valence-electron chi connectivity index (χ0n) is 5.24. The number of carbonyl (C=O) groups excluding carboxylic acids is 1. The lowest BCUT2D eigenvalue weighted by Gasteiger charge is -1.95. The molecule has 10 heavy (non-hydrogen) atoms. The highest BCUT2D eigenvalue weighted by molar-refractivity contribution is 5.93. The zero-order valence-corrected chi connectivity index (χ0v) is 5.24. The van der Waals surface area contributed by atoms with Gasteiger partial charge in [0.05, 0.1) is 0 Å². The molecule has 4 nitrogen and oxygen atoms in total. The van der Waals surface area contributed by atoms with E-state index in [9.17, 15) is 4.79 Å². The van der Waals surface area contributed by atoms with Crippen molar-refractivity contribution in [1.82, 2.24) is 10.4 Å². The maximum atomic E-state index is 10.7. The average molecular weight is 139 g/mol. The molecule has 0 aliphatic heterocycles. The first-order valence-corrected chi connectivity index (χ1v) is 2.75. The number of rotatable bonds is 1. The first-order valence-electron chi connectivity index (χ1n) is 2.75. The van der Waals surface area contributed by atoms with Gasteiger partial charge in [-0.15, -0.1) is 0 Å². The molecule has 1 rings (SSSR count). The van der Waals surface area contributed by atoms with Crippen molar-refractivity contribution >= 4 is 5.91 Å². The predicted molar refractivity (Wildman–Crippen MR) is 35.9 cm³/mol. The van der Waals surface area contributed by atoms with E-state index < -0.39 is 0 Å². The average Bonchev–Trinajstić information content (AvgIpc) is 2.05. The van der Waals surface area contributed by atoms with Crippen LogP contribution in [0, 0.1) is 0 Å². The molecule has 0 fully saturated rings. The summed E-state index contributed by atoms with van der Waals surface area (Å²) in [7, 11) is 0. The van der Waals surface area contributed by atoms with Crippen LogP contribution in [-0.4, -0.2) is 10.9 Å². The van der Waals surface area contributed by atoms with E-state index in [0.29, 0.717) is 5.56 Å². The number of hydrogen-bond acceptors (Lipinski definition) is 3. The van der Waals surface area contributed by atoms with E-state index >= 15 is 0 Å². The molecule has 0 spiro atoms. The van der Waals surface area contributed by atoms with Gasteiger partial charge in [0.25, 0.3) is 5.91 Å². The fourth-order valence-electron chi connectivity index (χ4n) is 0.587. The van der Waals surface area contributed by atoms with Gasteiger partial charge < -0.3 is 0 Å². The molecule has 0 saturated heterocycles. The third kappa shape index (κ3) is 1.29. The minimum absolute atomic E-state index is 0.303. The van der Waals surface area contributed by atoms with Crippen LogP contribution in [0.5, 0.6) is 0 Å². The Morgan fingerprint density at radius 3 is 2.60 bits per heavy atom. The maximum absolute atomic E-state index is 10.7. The quantitative estimate of drug-likeness (QED) is 0.318. The third-order valence-corrected chi connectivity index (χ3v) is 1.07. The van der Waals surface area contributed by atoms with Gasteiger partial charge in [-0.1, -0.05) is 0 Å². The Hall–Kier alpha value is -1.42. The lowest BCUT2D eigenvalue weighted by Crippen LogP contribution is -2.29. The van der Waals surface area contributed by atoms with Crippen LogP contribution in [0.25, 0.3) is 0 Å². The monoisotopic (exact) mass is 139 g/mol. The molecule has 0 atom stereocenters. The maximum Gasteiger partial charge on any atom is 0.265 e. The Kier molecular flexibility index (Phi) is 1.96. The van der Waals surface area contributed by atoms with E-state index in [1.807, 2.05) is 5.43 Å². The summed E-state index contributed by atoms with van der Waals surface area (Å²) in [5.74, 6) is 4.58. The van der Waals surface area contributed by atoms with Crippen molar-refractivity contribution in [3.8, 4) is 0 Å². The number of pyridine rings is 1. The minimum Gasteiger partial charge on any atom is -0.290 e. The summed E-state index contributed by atoms with van der Waals surface area (Å²) >= 11 is 0. The zero-order chi connectivity index (χ0) is 7.40. The van der Waals surface area contributed by atoms with Crippen molar-refractivity contribution < 1.29 is 4.79 Å². The highest BCUT2D eigenvalue weighted by atomic mass is 17.1. The Bertz CT molecular complexity index is 222. The van der Waals surface area contributed by atoms with Gasteiger partial charge in [-0.25, -0.2) is 5.84 Å². The number of aromatic nitrogens is 1. The summed E-state index contributed by atoms with van der Waals surface area (Å²) in [6.07, 6.45) is 3.06. The molecular weight excluding hydrogens is 132 g/mol. The Labute approximate surface area is 58.0 Å². The SMILES string of the molecule is NNC(=[17O])c1ccn[13cH]c1. The van der Waals surface area contributed by atoms with Crippen molar-refractivity contribution in [2.75, 3.05) is 0 Å². The number of hydrogen-bond donors (Lipinski definition) is 2. The topological polar surface area (TPSA) is 68.0 Å². The standard InChI is InChI=1S/C6H7N3O/c7-9-6(10)5-1-3-8-4-2-5/h1-4H,7H2,(H,9,10)/i3+1,10+1. The third-order valence-electron chi connectivity index (χ3n) is 1.07. The fraction of sp³-hybridized carbons (Fsp3) is 0. The molecule has 1 aromatic heterocycles. The first kappa shape index (κ1) is 6.70. The number of nitrogen functional groups attached to an aromatic ring is 1. The van der Waals surface area contributed by atoms with Gasteiger partial charge in [-0.2, -0.15) is 0 Å². The van der Waals surface area contributed by atoms with E-state index in [0.717, 1.165) is 0 Å². The van der Waals surface area contributed by atoms with Gasteiger partial charge in [0.15, 0.2) is 0 Å². The molecular formula is C6H7N3O. The molecule has 1 heterocycles. The molecule has 0 bridgehead atoms. The van der Waals surface area contributed by atoms with Gasteiger partial charge in [0.2, 0.25) is 0 Å². The Morgan fingerprint density at radius 1 is 1.50 bits per heavy atom. The van der Waals surface area contributed by atoms with Crippen LogP contribution in [0.1, 0.15) is 10.4 Å². The van der Waals surface area contributed by atoms with Crippen LogP contribution >= 0.6 is 0 Å². The lowest BCUT2D eigenvalue weighted by molar-refractivity contribution is 0.0953. The van der Waals surface area contributed by atoms with Crippen LogP contribution in [-0.2, 0) is 0 Å². The first-order chi connectivity index (χ1) is 4.84. The van der Waals surface area contributed by atoms with E-state index in [4.69, 9.17) is 5.84 Å². The van der Waals surface area contributed by atoms with Gasteiger partial charge in [-0.3, -0.25) is 15.2 Å². The van der Waals surface area contributed by atoms with E-state index in [2.05, 4.69) is 4.98 Å². The van der Waals surface area contributed by atoms with Gasteiger partial charge in [0.1, 0.15) is 0 Å². The molecule has 0 aromatic carbocycles. The minimum atomic E-state index is -0.303. The van der Waals surface area contributed by atoms with Gasteiger partial charge >= 0.3 is 0 Å². The summed E-state index contributed by atoms with van der Waals surface area (Å²) in [5.41, 5.74) is 2.53. The molecule has 0 saturated carbocycles. The molecule has 0 aliphatic carbocycles. The van der Waals surface area contributed by atoms with Gasteiger partial charge in [-0.05, 0) is 12.1 Å².